The summed E-state index contributed by atoms with van der Waals surface area (Å²) in [6.45, 7) is 3.77. The van der Waals surface area contributed by atoms with E-state index in [0.717, 1.165) is 6.42 Å². The first kappa shape index (κ1) is 9.26. The van der Waals surface area contributed by atoms with E-state index < -0.39 is 0 Å². The lowest BCUT2D eigenvalue weighted by molar-refractivity contribution is -0.116. The quantitative estimate of drug-likeness (QED) is 0.648. The molecule has 2 rings (SSSR count). The molecule has 0 spiro atoms. The Bertz CT molecular complexity index is 175. The summed E-state index contributed by atoms with van der Waals surface area (Å²) < 4.78 is 0. The summed E-state index contributed by atoms with van der Waals surface area (Å²) in [7, 11) is 0. The average Bonchev–Trinajstić information content (AvgIpc) is 2.02. The lowest BCUT2D eigenvalue weighted by Crippen LogP contribution is -2.50. The van der Waals surface area contributed by atoms with Crippen LogP contribution in [0.4, 0.5) is 0 Å². The van der Waals surface area contributed by atoms with Crippen LogP contribution in [0.1, 0.15) is 44.9 Å². The molecule has 0 aromatic carbocycles. The van der Waals surface area contributed by atoms with E-state index in [1.54, 1.807) is 0 Å². The van der Waals surface area contributed by atoms with Crippen molar-refractivity contribution in [3.05, 3.63) is 12.7 Å². The van der Waals surface area contributed by atoms with Crippen molar-refractivity contribution in [2.75, 3.05) is 0 Å². The maximum absolute atomic E-state index is 10.6. The van der Waals surface area contributed by atoms with Gasteiger partial charge in [-0.3, -0.25) is 0 Å². The molecule has 0 amide bonds. The zero-order chi connectivity index (χ0) is 9.31. The summed E-state index contributed by atoms with van der Waals surface area (Å²) in [6, 6.07) is 0. The van der Waals surface area contributed by atoms with Crippen LogP contribution in [0.2, 0.25) is 0 Å². The van der Waals surface area contributed by atoms with Crippen LogP contribution in [0.5, 0.6) is 0 Å². The molecule has 0 aliphatic heterocycles. The maximum Gasteiger partial charge on any atom is 0.0737 e. The van der Waals surface area contributed by atoms with Crippen LogP contribution in [0.25, 0.3) is 0 Å². The number of hydrogen-bond donors (Lipinski definition) is 1. The van der Waals surface area contributed by atoms with Crippen LogP contribution < -0.4 is 0 Å². The van der Waals surface area contributed by atoms with E-state index in [1.165, 1.54) is 38.5 Å². The summed E-state index contributed by atoms with van der Waals surface area (Å²) in [5.74, 6) is 1.14. The van der Waals surface area contributed by atoms with Crippen molar-refractivity contribution in [1.29, 1.82) is 0 Å². The van der Waals surface area contributed by atoms with Gasteiger partial charge in [-0.25, -0.2) is 0 Å². The second kappa shape index (κ2) is 3.45. The third-order valence-electron chi connectivity index (χ3n) is 4.10. The van der Waals surface area contributed by atoms with Crippen molar-refractivity contribution in [2.24, 2.45) is 11.8 Å². The molecule has 0 atom stereocenters. The highest BCUT2D eigenvalue weighted by atomic mass is 16.3. The Morgan fingerprint density at radius 1 is 1.15 bits per heavy atom. The fourth-order valence-corrected chi connectivity index (χ4v) is 3.41. The molecule has 2 saturated carbocycles. The fourth-order valence-electron chi connectivity index (χ4n) is 3.41. The van der Waals surface area contributed by atoms with Gasteiger partial charge < -0.3 is 5.11 Å². The van der Waals surface area contributed by atoms with E-state index in [-0.39, 0.29) is 5.60 Å². The molecule has 1 nitrogen and oxygen atoms in total. The molecule has 74 valence electrons. The normalized spacial score (nSPS) is 44.4. The van der Waals surface area contributed by atoms with Crippen LogP contribution in [0.15, 0.2) is 12.7 Å². The van der Waals surface area contributed by atoms with Gasteiger partial charge in [0.15, 0.2) is 0 Å². The molecule has 0 heterocycles. The van der Waals surface area contributed by atoms with Gasteiger partial charge in [0.25, 0.3) is 0 Å². The molecule has 0 radical (unpaired) electrons. The molecule has 0 aromatic heterocycles. The molecule has 2 fully saturated rings. The minimum absolute atomic E-state index is 0.377. The lowest BCUT2D eigenvalue weighted by Gasteiger charge is -2.49. The first-order valence-electron chi connectivity index (χ1n) is 5.60. The van der Waals surface area contributed by atoms with Gasteiger partial charge in [-0.05, 0) is 43.9 Å². The van der Waals surface area contributed by atoms with Crippen molar-refractivity contribution >= 4 is 0 Å². The van der Waals surface area contributed by atoms with Crippen molar-refractivity contribution in [3.63, 3.8) is 0 Å². The zero-order valence-electron chi connectivity index (χ0n) is 8.34. The molecule has 1 heteroatoms. The average molecular weight is 180 g/mol. The van der Waals surface area contributed by atoms with Crippen molar-refractivity contribution in [3.8, 4) is 0 Å². The Kier molecular flexibility index (Phi) is 2.46. The van der Waals surface area contributed by atoms with E-state index in [4.69, 9.17) is 0 Å². The predicted molar refractivity (Wildman–Crippen MR) is 54.4 cm³/mol. The SMILES string of the molecule is C=CCC1(O)C2CCCC1CCC2. The topological polar surface area (TPSA) is 20.2 Å². The summed E-state index contributed by atoms with van der Waals surface area (Å²) in [5, 5.41) is 10.6. The first-order chi connectivity index (χ1) is 6.27. The highest BCUT2D eigenvalue weighted by molar-refractivity contribution is 5.01. The van der Waals surface area contributed by atoms with E-state index >= 15 is 0 Å². The highest BCUT2D eigenvalue weighted by Gasteiger charge is 2.46. The molecular weight excluding hydrogens is 160 g/mol. The van der Waals surface area contributed by atoms with Gasteiger partial charge >= 0.3 is 0 Å². The molecule has 1 N–H and O–H groups in total. The summed E-state index contributed by atoms with van der Waals surface area (Å²) >= 11 is 0. The Labute approximate surface area is 80.8 Å². The monoisotopic (exact) mass is 180 g/mol. The maximum atomic E-state index is 10.6. The zero-order valence-corrected chi connectivity index (χ0v) is 8.34. The number of aliphatic hydroxyl groups is 1. The van der Waals surface area contributed by atoms with E-state index in [2.05, 4.69) is 6.58 Å². The van der Waals surface area contributed by atoms with Crippen LogP contribution >= 0.6 is 0 Å². The first-order valence-corrected chi connectivity index (χ1v) is 5.60. The van der Waals surface area contributed by atoms with Crippen LogP contribution in [0.3, 0.4) is 0 Å². The standard InChI is InChI=1S/C12H20O/c1-2-9-12(13)10-5-3-6-11(12)8-4-7-10/h2,10-11,13H,1,3-9H2. The van der Waals surface area contributed by atoms with Crippen molar-refractivity contribution in [2.45, 2.75) is 50.5 Å². The molecule has 0 saturated heterocycles. The fraction of sp³-hybridized carbons (Fsp3) is 0.833. The van der Waals surface area contributed by atoms with Gasteiger partial charge in [0.2, 0.25) is 0 Å². The van der Waals surface area contributed by atoms with E-state index in [9.17, 15) is 5.11 Å². The lowest BCUT2D eigenvalue weighted by atomic mass is 9.60. The molecule has 2 bridgehead atoms. The Balaban J connectivity index is 2.18. The van der Waals surface area contributed by atoms with Gasteiger partial charge in [0.05, 0.1) is 5.60 Å². The third-order valence-corrected chi connectivity index (χ3v) is 4.10. The Morgan fingerprint density at radius 3 is 2.00 bits per heavy atom. The molecule has 2 aliphatic carbocycles. The van der Waals surface area contributed by atoms with Crippen LogP contribution in [0, 0.1) is 11.8 Å². The third kappa shape index (κ3) is 1.43. The Hall–Kier alpha value is -0.300. The highest BCUT2D eigenvalue weighted by Crippen LogP contribution is 2.48. The van der Waals surface area contributed by atoms with Crippen molar-refractivity contribution in [1.82, 2.24) is 0 Å². The summed E-state index contributed by atoms with van der Waals surface area (Å²) in [4.78, 5) is 0. The molecule has 2 aliphatic rings. The molecular formula is C12H20O. The minimum Gasteiger partial charge on any atom is -0.389 e. The van der Waals surface area contributed by atoms with Gasteiger partial charge in [-0.1, -0.05) is 18.9 Å². The largest absolute Gasteiger partial charge is 0.389 e. The van der Waals surface area contributed by atoms with E-state index in [0.29, 0.717) is 11.8 Å². The van der Waals surface area contributed by atoms with Gasteiger partial charge in [0.1, 0.15) is 0 Å². The van der Waals surface area contributed by atoms with Crippen LogP contribution in [-0.4, -0.2) is 10.7 Å². The second-order valence-corrected chi connectivity index (χ2v) is 4.74. The number of hydrogen-bond acceptors (Lipinski definition) is 1. The van der Waals surface area contributed by atoms with E-state index in [1.807, 2.05) is 6.08 Å². The van der Waals surface area contributed by atoms with Gasteiger partial charge in [-0.15, -0.1) is 6.58 Å². The van der Waals surface area contributed by atoms with Gasteiger partial charge in [-0.2, -0.15) is 0 Å². The van der Waals surface area contributed by atoms with Crippen LogP contribution in [-0.2, 0) is 0 Å². The number of fused-ring (bicyclic) bond motifs is 2. The summed E-state index contributed by atoms with van der Waals surface area (Å²) in [6.07, 6.45) is 10.3. The number of rotatable bonds is 2. The predicted octanol–water partition coefficient (Wildman–Crippen LogP) is 2.89. The smallest absolute Gasteiger partial charge is 0.0737 e. The second-order valence-electron chi connectivity index (χ2n) is 4.74. The van der Waals surface area contributed by atoms with Gasteiger partial charge in [0, 0.05) is 0 Å². The molecule has 0 aromatic rings. The minimum atomic E-state index is -0.377. The summed E-state index contributed by atoms with van der Waals surface area (Å²) in [5.41, 5.74) is -0.377. The Morgan fingerprint density at radius 2 is 1.62 bits per heavy atom. The van der Waals surface area contributed by atoms with Crippen molar-refractivity contribution < 1.29 is 5.11 Å². The molecule has 0 unspecified atom stereocenters. The molecule has 13 heavy (non-hydrogen) atoms.